The molecule has 0 saturated heterocycles. The first-order valence-electron chi connectivity index (χ1n) is 7.49. The summed E-state index contributed by atoms with van der Waals surface area (Å²) in [5.74, 6) is 0.517. The van der Waals surface area contributed by atoms with Crippen LogP contribution in [0.5, 0.6) is 0 Å². The van der Waals surface area contributed by atoms with Gasteiger partial charge >= 0.3 is 0 Å². The van der Waals surface area contributed by atoms with E-state index in [1.807, 2.05) is 7.05 Å². The van der Waals surface area contributed by atoms with Crippen LogP contribution in [0.1, 0.15) is 49.4 Å². The van der Waals surface area contributed by atoms with Crippen molar-refractivity contribution in [2.75, 3.05) is 18.5 Å². The van der Waals surface area contributed by atoms with E-state index < -0.39 is 4.92 Å². The van der Waals surface area contributed by atoms with E-state index in [4.69, 9.17) is 0 Å². The zero-order valence-corrected chi connectivity index (χ0v) is 12.7. The van der Waals surface area contributed by atoms with Crippen molar-refractivity contribution in [3.05, 3.63) is 33.9 Å². The molecule has 0 amide bonds. The minimum Gasteiger partial charge on any atom is -0.374 e. The highest BCUT2D eigenvalue weighted by molar-refractivity contribution is 6.00. The van der Waals surface area contributed by atoms with Crippen molar-refractivity contribution < 1.29 is 9.72 Å². The first kappa shape index (κ1) is 15.5. The molecule has 0 radical (unpaired) electrons. The van der Waals surface area contributed by atoms with Crippen LogP contribution in [0.4, 0.5) is 11.4 Å². The Morgan fingerprint density at radius 1 is 1.33 bits per heavy atom. The Morgan fingerprint density at radius 3 is 2.57 bits per heavy atom. The third-order valence-electron chi connectivity index (χ3n) is 4.24. The minimum atomic E-state index is -0.461. The summed E-state index contributed by atoms with van der Waals surface area (Å²) in [5.41, 5.74) is 1.19. The summed E-state index contributed by atoms with van der Waals surface area (Å²) < 4.78 is 0. The number of nitro groups is 1. The van der Waals surface area contributed by atoms with E-state index in [0.29, 0.717) is 11.5 Å². The Morgan fingerprint density at radius 2 is 2.00 bits per heavy atom. The summed E-state index contributed by atoms with van der Waals surface area (Å²) in [4.78, 5) is 24.2. The molecular formula is C16H22N2O3. The molecule has 1 aliphatic rings. The second kappa shape index (κ2) is 6.70. The maximum atomic E-state index is 11.8. The fourth-order valence-electron chi connectivity index (χ4n) is 3.11. The zero-order chi connectivity index (χ0) is 15.4. The van der Waals surface area contributed by atoms with E-state index in [1.165, 1.54) is 51.2 Å². The summed E-state index contributed by atoms with van der Waals surface area (Å²) in [6.45, 7) is 2.36. The van der Waals surface area contributed by atoms with E-state index >= 15 is 0 Å². The predicted molar refractivity (Wildman–Crippen MR) is 82.9 cm³/mol. The molecule has 1 aromatic carbocycles. The van der Waals surface area contributed by atoms with Gasteiger partial charge in [0.15, 0.2) is 5.78 Å². The molecule has 1 fully saturated rings. The smallest absolute Gasteiger partial charge is 0.270 e. The van der Waals surface area contributed by atoms with Crippen LogP contribution in [-0.2, 0) is 0 Å². The van der Waals surface area contributed by atoms with Crippen LogP contribution in [0.3, 0.4) is 0 Å². The monoisotopic (exact) mass is 290 g/mol. The molecule has 114 valence electrons. The number of nitro benzene ring substituents is 1. The zero-order valence-electron chi connectivity index (χ0n) is 12.7. The number of carbonyl (C=O) groups is 1. The molecular weight excluding hydrogens is 268 g/mol. The van der Waals surface area contributed by atoms with Gasteiger partial charge in [0, 0.05) is 37.0 Å². The van der Waals surface area contributed by atoms with Crippen LogP contribution in [0.25, 0.3) is 0 Å². The van der Waals surface area contributed by atoms with Gasteiger partial charge in [-0.05, 0) is 31.7 Å². The van der Waals surface area contributed by atoms with E-state index in [0.717, 1.165) is 12.2 Å². The molecule has 21 heavy (non-hydrogen) atoms. The summed E-state index contributed by atoms with van der Waals surface area (Å²) in [5, 5.41) is 10.9. The van der Waals surface area contributed by atoms with Crippen molar-refractivity contribution in [1.29, 1.82) is 0 Å². The summed E-state index contributed by atoms with van der Waals surface area (Å²) in [6, 6.07) is 4.55. The lowest BCUT2D eigenvalue weighted by Crippen LogP contribution is -2.28. The standard InChI is InChI=1S/C16H22N2O3/c1-12(19)15-10-14(18(20)21)8-9-16(15)17(2)11-13-6-4-3-5-7-13/h8-10,13H,3-7,11H2,1-2H3. The van der Waals surface area contributed by atoms with Crippen LogP contribution < -0.4 is 4.90 Å². The number of rotatable bonds is 5. The Bertz CT molecular complexity index is 536. The maximum absolute atomic E-state index is 11.8. The van der Waals surface area contributed by atoms with Gasteiger partial charge in [-0.2, -0.15) is 0 Å². The topological polar surface area (TPSA) is 63.4 Å². The molecule has 0 aliphatic heterocycles. The van der Waals surface area contributed by atoms with E-state index in [2.05, 4.69) is 4.90 Å². The minimum absolute atomic E-state index is 0.0324. The average Bonchev–Trinajstić information content (AvgIpc) is 2.47. The van der Waals surface area contributed by atoms with Gasteiger partial charge in [-0.3, -0.25) is 14.9 Å². The average molecular weight is 290 g/mol. The lowest BCUT2D eigenvalue weighted by Gasteiger charge is -2.29. The predicted octanol–water partition coefficient (Wildman–Crippen LogP) is 3.81. The molecule has 1 aromatic rings. The summed E-state index contributed by atoms with van der Waals surface area (Å²) >= 11 is 0. The third kappa shape index (κ3) is 3.80. The molecule has 0 spiro atoms. The van der Waals surface area contributed by atoms with Gasteiger partial charge in [0.25, 0.3) is 5.69 Å². The summed E-state index contributed by atoms with van der Waals surface area (Å²) in [7, 11) is 1.96. The number of hydrogen-bond acceptors (Lipinski definition) is 4. The lowest BCUT2D eigenvalue weighted by atomic mass is 9.89. The van der Waals surface area contributed by atoms with E-state index in [1.54, 1.807) is 6.07 Å². The largest absolute Gasteiger partial charge is 0.374 e. The van der Waals surface area contributed by atoms with Crippen LogP contribution in [0, 0.1) is 16.0 Å². The number of carbonyl (C=O) groups excluding carboxylic acids is 1. The Kier molecular flexibility index (Phi) is 4.94. The van der Waals surface area contributed by atoms with Crippen molar-refractivity contribution >= 4 is 17.2 Å². The van der Waals surface area contributed by atoms with Gasteiger partial charge in [-0.25, -0.2) is 0 Å². The van der Waals surface area contributed by atoms with E-state index in [-0.39, 0.29) is 11.5 Å². The molecule has 5 nitrogen and oxygen atoms in total. The second-order valence-corrected chi connectivity index (χ2v) is 5.90. The number of benzene rings is 1. The molecule has 0 N–H and O–H groups in total. The highest BCUT2D eigenvalue weighted by Crippen LogP contribution is 2.29. The normalized spacial score (nSPS) is 15.7. The van der Waals surface area contributed by atoms with Gasteiger partial charge in [-0.15, -0.1) is 0 Å². The molecule has 5 heteroatoms. The molecule has 0 aromatic heterocycles. The highest BCUT2D eigenvalue weighted by Gasteiger charge is 2.20. The molecule has 0 heterocycles. The molecule has 1 aliphatic carbocycles. The number of non-ortho nitro benzene ring substituents is 1. The van der Waals surface area contributed by atoms with Crippen molar-refractivity contribution in [3.8, 4) is 0 Å². The SMILES string of the molecule is CC(=O)c1cc([N+](=O)[O-])ccc1N(C)CC1CCCCC1. The van der Waals surface area contributed by atoms with Gasteiger partial charge < -0.3 is 4.90 Å². The van der Waals surface area contributed by atoms with Crippen molar-refractivity contribution in [1.82, 2.24) is 0 Å². The fraction of sp³-hybridized carbons (Fsp3) is 0.562. The van der Waals surface area contributed by atoms with Gasteiger partial charge in [-0.1, -0.05) is 19.3 Å². The maximum Gasteiger partial charge on any atom is 0.270 e. The number of Topliss-reactive ketones (excluding diaryl/α,β-unsaturated/α-hetero) is 1. The number of anilines is 1. The van der Waals surface area contributed by atoms with Gasteiger partial charge in [0.05, 0.1) is 4.92 Å². The van der Waals surface area contributed by atoms with Crippen LogP contribution >= 0.6 is 0 Å². The first-order chi connectivity index (χ1) is 9.99. The van der Waals surface area contributed by atoms with Crippen molar-refractivity contribution in [3.63, 3.8) is 0 Å². The van der Waals surface area contributed by atoms with Crippen LogP contribution in [0.2, 0.25) is 0 Å². The number of nitrogens with zero attached hydrogens (tertiary/aromatic N) is 2. The lowest BCUT2D eigenvalue weighted by molar-refractivity contribution is -0.384. The quantitative estimate of drug-likeness (QED) is 0.470. The van der Waals surface area contributed by atoms with Crippen molar-refractivity contribution in [2.24, 2.45) is 5.92 Å². The van der Waals surface area contributed by atoms with E-state index in [9.17, 15) is 14.9 Å². The second-order valence-electron chi connectivity index (χ2n) is 5.90. The van der Waals surface area contributed by atoms with Crippen LogP contribution in [0.15, 0.2) is 18.2 Å². The molecule has 1 saturated carbocycles. The highest BCUT2D eigenvalue weighted by atomic mass is 16.6. The summed E-state index contributed by atoms with van der Waals surface area (Å²) in [6.07, 6.45) is 6.33. The molecule has 2 rings (SSSR count). The number of hydrogen-bond donors (Lipinski definition) is 0. The molecule has 0 unspecified atom stereocenters. The Labute approximate surface area is 125 Å². The van der Waals surface area contributed by atoms with Crippen molar-refractivity contribution in [2.45, 2.75) is 39.0 Å². The third-order valence-corrected chi connectivity index (χ3v) is 4.24. The van der Waals surface area contributed by atoms with Crippen LogP contribution in [-0.4, -0.2) is 24.3 Å². The number of ketones is 1. The molecule has 0 atom stereocenters. The molecule has 0 bridgehead atoms. The van der Waals surface area contributed by atoms with Gasteiger partial charge in [0.1, 0.15) is 0 Å². The fourth-order valence-corrected chi connectivity index (χ4v) is 3.11. The Balaban J connectivity index is 2.20. The first-order valence-corrected chi connectivity index (χ1v) is 7.49. The van der Waals surface area contributed by atoms with Gasteiger partial charge in [0.2, 0.25) is 0 Å². The Hall–Kier alpha value is -1.91.